The number of esters is 1. The van der Waals surface area contributed by atoms with E-state index in [-0.39, 0.29) is 17.6 Å². The Morgan fingerprint density at radius 3 is 2.85 bits per heavy atom. The van der Waals surface area contributed by atoms with Crippen molar-refractivity contribution in [3.05, 3.63) is 36.5 Å². The zero-order valence-corrected chi connectivity index (χ0v) is 19.8. The third-order valence-electron chi connectivity index (χ3n) is 6.09. The van der Waals surface area contributed by atoms with Crippen molar-refractivity contribution in [2.75, 3.05) is 31.7 Å². The molecule has 1 aliphatic heterocycles. The average molecular weight is 453 g/mol. The first-order valence-corrected chi connectivity index (χ1v) is 11.5. The van der Waals surface area contributed by atoms with Crippen molar-refractivity contribution in [3.63, 3.8) is 0 Å². The number of nitrogens with zero attached hydrogens (tertiary/aromatic N) is 2. The lowest BCUT2D eigenvalue weighted by molar-refractivity contribution is -0.148. The molecule has 1 fully saturated rings. The molecule has 2 atom stereocenters. The predicted molar refractivity (Wildman–Crippen MR) is 127 cm³/mol. The van der Waals surface area contributed by atoms with Crippen molar-refractivity contribution in [1.82, 2.24) is 4.98 Å². The highest BCUT2D eigenvalue weighted by Crippen LogP contribution is 2.40. The third kappa shape index (κ3) is 5.46. The van der Waals surface area contributed by atoms with Crippen LogP contribution in [0.2, 0.25) is 0 Å². The van der Waals surface area contributed by atoms with Gasteiger partial charge in [-0.1, -0.05) is 6.08 Å². The second-order valence-electron chi connectivity index (χ2n) is 9.76. The van der Waals surface area contributed by atoms with Crippen LogP contribution in [-0.4, -0.2) is 49.1 Å². The number of ketones is 1. The molecule has 2 heterocycles. The number of benzene rings is 1. The molecular formula is C26H32N2O5. The maximum absolute atomic E-state index is 12.8. The van der Waals surface area contributed by atoms with Crippen LogP contribution in [0, 0.1) is 11.8 Å². The standard InChI is InChI=1S/C26H32N2O5/c1-26(2,3)33-24(30)10-7-18-6-5-17(13-22(18)29)16-28-11-12-32-23-15-27-21-9-8-19(31-4)14-20(21)25(23)28/h7-10,14-15,17-18H,5-6,11-13,16H2,1-4H3/b10-7+/t17-,18?/m0/s1. The van der Waals surface area contributed by atoms with Crippen molar-refractivity contribution in [3.8, 4) is 11.5 Å². The van der Waals surface area contributed by atoms with Gasteiger partial charge in [-0.15, -0.1) is 0 Å². The number of anilines is 1. The van der Waals surface area contributed by atoms with E-state index in [2.05, 4.69) is 9.88 Å². The first-order chi connectivity index (χ1) is 15.7. The Morgan fingerprint density at radius 2 is 2.12 bits per heavy atom. The molecule has 2 aliphatic rings. The van der Waals surface area contributed by atoms with E-state index in [0.717, 1.165) is 54.0 Å². The number of rotatable bonds is 5. The minimum absolute atomic E-state index is 0.181. The van der Waals surface area contributed by atoms with Gasteiger partial charge in [0.05, 0.1) is 31.1 Å². The van der Waals surface area contributed by atoms with Gasteiger partial charge in [0, 0.05) is 30.3 Å². The molecule has 2 aromatic rings. The van der Waals surface area contributed by atoms with Gasteiger partial charge in [0.1, 0.15) is 23.7 Å². The molecule has 1 aromatic heterocycles. The summed E-state index contributed by atoms with van der Waals surface area (Å²) in [4.78, 5) is 31.6. The fourth-order valence-corrected chi connectivity index (χ4v) is 4.57. The summed E-state index contributed by atoms with van der Waals surface area (Å²) < 4.78 is 16.6. The Hall–Kier alpha value is -3.09. The van der Waals surface area contributed by atoms with Crippen LogP contribution in [0.5, 0.6) is 11.5 Å². The molecule has 176 valence electrons. The lowest BCUT2D eigenvalue weighted by Gasteiger charge is -2.36. The largest absolute Gasteiger partial charge is 0.497 e. The highest BCUT2D eigenvalue weighted by Gasteiger charge is 2.31. The lowest BCUT2D eigenvalue weighted by Crippen LogP contribution is -2.39. The normalized spacial score (nSPS) is 21.1. The summed E-state index contributed by atoms with van der Waals surface area (Å²) in [6.45, 7) is 7.61. The topological polar surface area (TPSA) is 78.0 Å². The molecule has 33 heavy (non-hydrogen) atoms. The molecule has 0 N–H and O–H groups in total. The number of ether oxygens (including phenoxy) is 3. The van der Waals surface area contributed by atoms with Crippen molar-refractivity contribution in [1.29, 1.82) is 0 Å². The molecule has 1 aromatic carbocycles. The Kier molecular flexibility index (Phi) is 6.58. The first-order valence-electron chi connectivity index (χ1n) is 11.5. The van der Waals surface area contributed by atoms with E-state index in [1.165, 1.54) is 6.08 Å². The quantitative estimate of drug-likeness (QED) is 0.494. The Morgan fingerprint density at radius 1 is 1.30 bits per heavy atom. The summed E-state index contributed by atoms with van der Waals surface area (Å²) in [5.74, 6) is 1.35. The summed E-state index contributed by atoms with van der Waals surface area (Å²) in [6.07, 6.45) is 7.06. The van der Waals surface area contributed by atoms with E-state index in [4.69, 9.17) is 14.2 Å². The fourth-order valence-electron chi connectivity index (χ4n) is 4.57. The minimum atomic E-state index is -0.540. The number of methoxy groups -OCH3 is 1. The van der Waals surface area contributed by atoms with Gasteiger partial charge in [-0.05, 0) is 57.7 Å². The second kappa shape index (κ2) is 9.41. The Bertz CT molecular complexity index is 1070. The molecule has 7 heteroatoms. The van der Waals surface area contributed by atoms with E-state index < -0.39 is 11.6 Å². The average Bonchev–Trinajstić information content (AvgIpc) is 2.77. The van der Waals surface area contributed by atoms with E-state index in [9.17, 15) is 9.59 Å². The lowest BCUT2D eigenvalue weighted by atomic mass is 9.80. The van der Waals surface area contributed by atoms with Crippen LogP contribution in [0.4, 0.5) is 5.69 Å². The van der Waals surface area contributed by atoms with Crippen molar-refractivity contribution in [2.24, 2.45) is 11.8 Å². The van der Waals surface area contributed by atoms with Crippen LogP contribution >= 0.6 is 0 Å². The number of pyridine rings is 1. The van der Waals surface area contributed by atoms with E-state index >= 15 is 0 Å². The molecule has 0 bridgehead atoms. The zero-order chi connectivity index (χ0) is 23.6. The van der Waals surface area contributed by atoms with Crippen LogP contribution in [0.3, 0.4) is 0 Å². The van der Waals surface area contributed by atoms with Crippen molar-refractivity contribution >= 4 is 28.3 Å². The molecule has 0 spiro atoms. The molecule has 7 nitrogen and oxygen atoms in total. The summed E-state index contributed by atoms with van der Waals surface area (Å²) in [7, 11) is 1.65. The van der Waals surface area contributed by atoms with Gasteiger partial charge in [0.15, 0.2) is 5.75 Å². The number of fused-ring (bicyclic) bond motifs is 3. The number of allylic oxidation sites excluding steroid dienone is 1. The molecule has 0 amide bonds. The fraction of sp³-hybridized carbons (Fsp3) is 0.500. The smallest absolute Gasteiger partial charge is 0.330 e. The van der Waals surface area contributed by atoms with E-state index in [1.54, 1.807) is 19.4 Å². The predicted octanol–water partition coefficient (Wildman–Crippen LogP) is 4.33. The van der Waals surface area contributed by atoms with E-state index in [0.29, 0.717) is 13.0 Å². The van der Waals surface area contributed by atoms with Gasteiger partial charge >= 0.3 is 5.97 Å². The van der Waals surface area contributed by atoms with Crippen LogP contribution in [0.15, 0.2) is 36.5 Å². The van der Waals surface area contributed by atoms with E-state index in [1.807, 2.05) is 39.0 Å². The highest BCUT2D eigenvalue weighted by molar-refractivity contribution is 5.96. The maximum atomic E-state index is 12.8. The molecule has 0 radical (unpaired) electrons. The van der Waals surface area contributed by atoms with Gasteiger partial charge in [-0.25, -0.2) is 4.79 Å². The number of aromatic nitrogens is 1. The Labute approximate surface area is 194 Å². The molecule has 1 aliphatic carbocycles. The number of carbonyl (C=O) groups excluding carboxylic acids is 2. The minimum Gasteiger partial charge on any atom is -0.497 e. The molecular weight excluding hydrogens is 420 g/mol. The van der Waals surface area contributed by atoms with Gasteiger partial charge in [-0.2, -0.15) is 0 Å². The first kappa shape index (κ1) is 23.1. The molecule has 1 unspecified atom stereocenters. The summed E-state index contributed by atoms with van der Waals surface area (Å²) in [5.41, 5.74) is 1.36. The van der Waals surface area contributed by atoms with Crippen LogP contribution in [-0.2, 0) is 14.3 Å². The SMILES string of the molecule is COc1ccc2ncc3c(c2c1)N(C[C@H]1CCC(/C=C/C(=O)OC(C)(C)C)C(=O)C1)CCO3. The summed E-state index contributed by atoms with van der Waals surface area (Å²) in [6, 6.07) is 5.85. The highest BCUT2D eigenvalue weighted by atomic mass is 16.6. The van der Waals surface area contributed by atoms with Gasteiger partial charge in [0.2, 0.25) is 0 Å². The van der Waals surface area contributed by atoms with Crippen LogP contribution in [0.25, 0.3) is 10.9 Å². The summed E-state index contributed by atoms with van der Waals surface area (Å²) >= 11 is 0. The second-order valence-corrected chi connectivity index (χ2v) is 9.76. The summed E-state index contributed by atoms with van der Waals surface area (Å²) in [5, 5.41) is 0.992. The van der Waals surface area contributed by atoms with Gasteiger partial charge in [0.25, 0.3) is 0 Å². The monoisotopic (exact) mass is 452 g/mol. The van der Waals surface area contributed by atoms with Crippen molar-refractivity contribution in [2.45, 2.75) is 45.6 Å². The zero-order valence-electron chi connectivity index (χ0n) is 19.8. The number of Topliss-reactive ketones (excluding diaryl/α,β-unsaturated/α-hetero) is 1. The third-order valence-corrected chi connectivity index (χ3v) is 6.09. The number of carbonyl (C=O) groups is 2. The molecule has 4 rings (SSSR count). The van der Waals surface area contributed by atoms with Crippen LogP contribution in [0.1, 0.15) is 40.0 Å². The van der Waals surface area contributed by atoms with Gasteiger partial charge < -0.3 is 19.1 Å². The molecule has 1 saturated carbocycles. The van der Waals surface area contributed by atoms with Gasteiger partial charge in [-0.3, -0.25) is 9.78 Å². The maximum Gasteiger partial charge on any atom is 0.330 e. The van der Waals surface area contributed by atoms with Crippen LogP contribution < -0.4 is 14.4 Å². The number of hydrogen-bond donors (Lipinski definition) is 0. The van der Waals surface area contributed by atoms with Crippen molar-refractivity contribution < 1.29 is 23.8 Å². The Balaban J connectivity index is 1.45. The molecule has 0 saturated heterocycles. The number of hydrogen-bond acceptors (Lipinski definition) is 7.